The molecule has 0 saturated heterocycles. The zero-order chi connectivity index (χ0) is 4.50. The first kappa shape index (κ1) is 70.2. The fourth-order valence-corrected chi connectivity index (χ4v) is 0. The fourth-order valence-electron chi connectivity index (χ4n) is 0. The van der Waals surface area contributed by atoms with E-state index in [0.717, 1.165) is 0 Å². The second kappa shape index (κ2) is 29.4. The van der Waals surface area contributed by atoms with Crippen LogP contribution in [0.1, 0.15) is 0 Å². The Labute approximate surface area is 102 Å². The van der Waals surface area contributed by atoms with Crippen molar-refractivity contribution in [3.63, 3.8) is 0 Å². The van der Waals surface area contributed by atoms with Crippen LogP contribution in [-0.2, 0) is 72.4 Å². The first-order chi connectivity index (χ1) is 2.00. The standard InChI is InChI=1S/Cr.3Cu.4H2O.4O/h;;;;4*1H2;;;;/q;3*+2;;;;;;;2*-1/p-4. The van der Waals surface area contributed by atoms with Crippen molar-refractivity contribution in [1.82, 2.24) is 0 Å². The summed E-state index contributed by atoms with van der Waals surface area (Å²) < 4.78 is 34.4. The van der Waals surface area contributed by atoms with E-state index < -0.39 is 13.6 Å². The van der Waals surface area contributed by atoms with E-state index in [0.29, 0.717) is 0 Å². The molecule has 0 saturated carbocycles. The van der Waals surface area contributed by atoms with Crippen molar-refractivity contribution < 1.29 is 103 Å². The van der Waals surface area contributed by atoms with Crippen LogP contribution in [0.15, 0.2) is 0 Å². The Morgan fingerprint density at radius 3 is 0.667 bits per heavy atom. The zero-order valence-electron chi connectivity index (χ0n) is 4.73. The topological polar surface area (TPSA) is 200 Å². The third-order valence-electron chi connectivity index (χ3n) is 0. The van der Waals surface area contributed by atoms with Gasteiger partial charge in [-0.05, 0) is 0 Å². The molecule has 4 N–H and O–H groups in total. The molecule has 12 heavy (non-hydrogen) atoms. The van der Waals surface area contributed by atoms with Crippen LogP contribution in [0.5, 0.6) is 0 Å². The Morgan fingerprint density at radius 1 is 0.667 bits per heavy atom. The molecule has 0 aromatic rings. The summed E-state index contributed by atoms with van der Waals surface area (Å²) in [7, 11) is 0. The summed E-state index contributed by atoms with van der Waals surface area (Å²) in [4.78, 5) is 0. The molecular weight excluding hydrogens is 371 g/mol. The van der Waals surface area contributed by atoms with E-state index in [2.05, 4.69) is 0 Å². The molecule has 0 heterocycles. The number of hydrogen-bond acceptors (Lipinski definition) is 8. The van der Waals surface area contributed by atoms with E-state index >= 15 is 0 Å². The molecule has 0 spiro atoms. The van der Waals surface area contributed by atoms with Crippen LogP contribution in [0, 0.1) is 0 Å². The minimum atomic E-state index is -5.75. The van der Waals surface area contributed by atoms with E-state index in [4.69, 9.17) is 15.9 Å². The molecular formula is H4CrCu3O8. The van der Waals surface area contributed by atoms with Gasteiger partial charge >= 0.3 is 80.7 Å². The van der Waals surface area contributed by atoms with Crippen LogP contribution < -0.4 is 8.32 Å². The summed E-state index contributed by atoms with van der Waals surface area (Å²) in [5.41, 5.74) is 0. The molecule has 0 aromatic carbocycles. The average Bonchev–Trinajstić information content (AvgIpc) is 0.722. The van der Waals surface area contributed by atoms with Gasteiger partial charge in [0.15, 0.2) is 0 Å². The van der Waals surface area contributed by atoms with E-state index in [-0.39, 0.29) is 73.1 Å². The molecule has 0 atom stereocenters. The Bertz CT molecular complexity index is 97.5. The predicted molar refractivity (Wildman–Crippen MR) is 9.12 cm³/mol. The average molecular weight is 375 g/mol. The van der Waals surface area contributed by atoms with Gasteiger partial charge in [0.25, 0.3) is 0 Å². The Morgan fingerprint density at radius 2 is 0.667 bits per heavy atom. The van der Waals surface area contributed by atoms with Crippen LogP contribution in [0.25, 0.3) is 0 Å². The molecule has 0 bridgehead atoms. The van der Waals surface area contributed by atoms with Crippen LogP contribution in [0.2, 0.25) is 0 Å². The first-order valence-corrected chi connectivity index (χ1v) is 2.75. The molecule has 3 radical (unpaired) electrons. The van der Waals surface area contributed by atoms with E-state index in [1.807, 2.05) is 0 Å². The summed E-state index contributed by atoms with van der Waals surface area (Å²) in [6.07, 6.45) is 0. The van der Waals surface area contributed by atoms with Gasteiger partial charge in [-0.3, -0.25) is 0 Å². The second-order valence-corrected chi connectivity index (χ2v) is 1.68. The molecule has 0 aliphatic rings. The Kier molecular flexibility index (Phi) is 172. The predicted octanol–water partition coefficient (Wildman–Crippen LogP) is -3.33. The van der Waals surface area contributed by atoms with E-state index in [9.17, 15) is 0 Å². The van der Waals surface area contributed by atoms with Gasteiger partial charge in [0.05, 0.1) is 0 Å². The minimum absolute atomic E-state index is 0. The summed E-state index contributed by atoms with van der Waals surface area (Å²) in [5.74, 6) is 0. The third-order valence-corrected chi connectivity index (χ3v) is 0. The number of rotatable bonds is 0. The maximum absolute atomic E-state index is 8.59. The molecule has 12 heteroatoms. The van der Waals surface area contributed by atoms with Crippen molar-refractivity contribution in [2.24, 2.45) is 0 Å². The van der Waals surface area contributed by atoms with Crippen LogP contribution in [-0.4, -0.2) is 21.9 Å². The molecule has 0 amide bonds. The fraction of sp³-hybridized carbons (Fsp3) is 0. The van der Waals surface area contributed by atoms with Crippen LogP contribution in [0.4, 0.5) is 0 Å². The second-order valence-electron chi connectivity index (χ2n) is 0.408. The van der Waals surface area contributed by atoms with Gasteiger partial charge in [0.1, 0.15) is 0 Å². The normalized spacial score (nSPS) is 4.83. The van der Waals surface area contributed by atoms with Gasteiger partial charge < -0.3 is 21.9 Å². The van der Waals surface area contributed by atoms with Crippen molar-refractivity contribution in [3.8, 4) is 0 Å². The molecule has 0 unspecified atom stereocenters. The molecule has 0 rings (SSSR count). The quantitative estimate of drug-likeness (QED) is 0.391. The molecule has 0 fully saturated rings. The summed E-state index contributed by atoms with van der Waals surface area (Å²) in [6, 6.07) is 0. The number of hydrogen-bond donors (Lipinski definition) is 0. The van der Waals surface area contributed by atoms with Crippen LogP contribution in [0.3, 0.4) is 0 Å². The van der Waals surface area contributed by atoms with Crippen LogP contribution >= 0.6 is 0 Å². The van der Waals surface area contributed by atoms with Gasteiger partial charge in [-0.1, -0.05) is 0 Å². The van der Waals surface area contributed by atoms with Gasteiger partial charge in [-0.2, -0.15) is 0 Å². The summed E-state index contributed by atoms with van der Waals surface area (Å²) in [6.45, 7) is 0. The Hall–Kier alpha value is 1.45. The van der Waals surface area contributed by atoms with Gasteiger partial charge in [-0.15, -0.1) is 0 Å². The molecule has 0 aliphatic heterocycles. The molecule has 8 nitrogen and oxygen atoms in total. The third kappa shape index (κ3) is 594. The van der Waals surface area contributed by atoms with Crippen molar-refractivity contribution in [2.45, 2.75) is 0 Å². The van der Waals surface area contributed by atoms with E-state index in [1.54, 1.807) is 0 Å². The van der Waals surface area contributed by atoms with Gasteiger partial charge in [0, 0.05) is 0 Å². The summed E-state index contributed by atoms with van der Waals surface area (Å²) in [5, 5.41) is 0. The van der Waals surface area contributed by atoms with Crippen molar-refractivity contribution >= 4 is 0 Å². The first-order valence-electron chi connectivity index (χ1n) is 0.667. The van der Waals surface area contributed by atoms with Crippen molar-refractivity contribution in [1.29, 1.82) is 0 Å². The molecule has 0 aromatic heterocycles. The maximum atomic E-state index is 8.59. The van der Waals surface area contributed by atoms with Crippen molar-refractivity contribution in [2.75, 3.05) is 0 Å². The van der Waals surface area contributed by atoms with Crippen molar-refractivity contribution in [3.05, 3.63) is 0 Å². The van der Waals surface area contributed by atoms with Gasteiger partial charge in [-0.25, -0.2) is 0 Å². The SMILES string of the molecule is [Cu+2].[Cu+2].[Cu+2].[OH-].[OH-].[OH-].[OH-].[O]=[Cr](=[O])([O-])[O-]. The van der Waals surface area contributed by atoms with E-state index in [1.165, 1.54) is 0 Å². The van der Waals surface area contributed by atoms with Gasteiger partial charge in [0.2, 0.25) is 0 Å². The Balaban J connectivity index is -0.00000000381. The molecule has 91 valence electrons. The monoisotopic (exact) mass is 373 g/mol. The summed E-state index contributed by atoms with van der Waals surface area (Å²) >= 11 is -5.75. The zero-order valence-corrected chi connectivity index (χ0v) is 8.83. The molecule has 0 aliphatic carbocycles.